The maximum atomic E-state index is 9.82. The lowest BCUT2D eigenvalue weighted by Gasteiger charge is -2.16. The molecule has 1 atom stereocenters. The standard InChI is InChI=1S/C12H15N3O/c1-15-11(6-7-14-15)10(8-13)9-4-2-3-5-12(9)16/h2-7,10,16H,8,13H2,1H3. The Labute approximate surface area is 94.3 Å². The third-order valence-corrected chi connectivity index (χ3v) is 2.76. The summed E-state index contributed by atoms with van der Waals surface area (Å²) in [5.41, 5.74) is 7.63. The lowest BCUT2D eigenvalue weighted by atomic mass is 9.95. The van der Waals surface area contributed by atoms with Gasteiger partial charge in [-0.05, 0) is 12.1 Å². The molecule has 0 aliphatic heterocycles. The molecular weight excluding hydrogens is 202 g/mol. The van der Waals surface area contributed by atoms with E-state index in [1.807, 2.05) is 25.2 Å². The molecule has 1 unspecified atom stereocenters. The number of benzene rings is 1. The number of para-hydroxylation sites is 1. The molecule has 0 saturated carbocycles. The van der Waals surface area contributed by atoms with Crippen molar-refractivity contribution in [2.24, 2.45) is 12.8 Å². The second-order valence-corrected chi connectivity index (χ2v) is 3.73. The van der Waals surface area contributed by atoms with Crippen LogP contribution in [0, 0.1) is 0 Å². The molecule has 0 amide bonds. The fraction of sp³-hybridized carbons (Fsp3) is 0.250. The minimum atomic E-state index is -0.0197. The van der Waals surface area contributed by atoms with Crippen molar-refractivity contribution in [2.75, 3.05) is 6.54 Å². The summed E-state index contributed by atoms with van der Waals surface area (Å²) in [5, 5.41) is 13.9. The second-order valence-electron chi connectivity index (χ2n) is 3.73. The quantitative estimate of drug-likeness (QED) is 0.812. The molecule has 4 heteroatoms. The molecule has 0 bridgehead atoms. The van der Waals surface area contributed by atoms with Crippen LogP contribution in [0.25, 0.3) is 0 Å². The van der Waals surface area contributed by atoms with Crippen LogP contribution in [-0.2, 0) is 7.05 Å². The zero-order valence-electron chi connectivity index (χ0n) is 9.17. The van der Waals surface area contributed by atoms with Gasteiger partial charge < -0.3 is 10.8 Å². The van der Waals surface area contributed by atoms with Gasteiger partial charge in [0.25, 0.3) is 0 Å². The van der Waals surface area contributed by atoms with Crippen molar-refractivity contribution in [1.29, 1.82) is 0 Å². The van der Waals surface area contributed by atoms with Crippen molar-refractivity contribution < 1.29 is 5.11 Å². The van der Waals surface area contributed by atoms with E-state index in [1.54, 1.807) is 23.0 Å². The van der Waals surface area contributed by atoms with Crippen LogP contribution in [0.5, 0.6) is 5.75 Å². The number of phenols is 1. The third-order valence-electron chi connectivity index (χ3n) is 2.76. The molecule has 84 valence electrons. The van der Waals surface area contributed by atoms with Crippen LogP contribution in [0.4, 0.5) is 0 Å². The van der Waals surface area contributed by atoms with Gasteiger partial charge in [0, 0.05) is 37.0 Å². The van der Waals surface area contributed by atoms with Crippen LogP contribution in [0.2, 0.25) is 0 Å². The summed E-state index contributed by atoms with van der Waals surface area (Å²) < 4.78 is 1.78. The van der Waals surface area contributed by atoms with Crippen molar-refractivity contribution in [1.82, 2.24) is 9.78 Å². The first kappa shape index (κ1) is 10.7. The number of aryl methyl sites for hydroxylation is 1. The van der Waals surface area contributed by atoms with Gasteiger partial charge in [-0.25, -0.2) is 0 Å². The van der Waals surface area contributed by atoms with Gasteiger partial charge in [0.05, 0.1) is 0 Å². The molecule has 16 heavy (non-hydrogen) atoms. The van der Waals surface area contributed by atoms with E-state index >= 15 is 0 Å². The lowest BCUT2D eigenvalue weighted by molar-refractivity contribution is 0.463. The molecule has 4 nitrogen and oxygen atoms in total. The highest BCUT2D eigenvalue weighted by Crippen LogP contribution is 2.29. The van der Waals surface area contributed by atoms with Crippen molar-refractivity contribution in [3.05, 3.63) is 47.8 Å². The Kier molecular flexibility index (Phi) is 2.92. The van der Waals surface area contributed by atoms with Gasteiger partial charge in [0.15, 0.2) is 0 Å². The summed E-state index contributed by atoms with van der Waals surface area (Å²) in [6.45, 7) is 0.442. The van der Waals surface area contributed by atoms with E-state index in [1.165, 1.54) is 0 Å². The van der Waals surface area contributed by atoms with Crippen LogP contribution in [0.15, 0.2) is 36.5 Å². The van der Waals surface area contributed by atoms with Crippen molar-refractivity contribution in [3.63, 3.8) is 0 Å². The molecule has 1 aromatic heterocycles. The van der Waals surface area contributed by atoms with E-state index in [9.17, 15) is 5.11 Å². The fourth-order valence-electron chi connectivity index (χ4n) is 1.92. The number of nitrogens with zero attached hydrogens (tertiary/aromatic N) is 2. The fourth-order valence-corrected chi connectivity index (χ4v) is 1.92. The zero-order chi connectivity index (χ0) is 11.5. The second kappa shape index (κ2) is 4.37. The van der Waals surface area contributed by atoms with E-state index in [4.69, 9.17) is 5.73 Å². The van der Waals surface area contributed by atoms with Crippen molar-refractivity contribution >= 4 is 0 Å². The first-order valence-corrected chi connectivity index (χ1v) is 5.20. The first-order chi connectivity index (χ1) is 7.74. The summed E-state index contributed by atoms with van der Waals surface area (Å²) in [4.78, 5) is 0. The number of hydrogen-bond acceptors (Lipinski definition) is 3. The van der Waals surface area contributed by atoms with Crippen LogP contribution in [0.1, 0.15) is 17.2 Å². The van der Waals surface area contributed by atoms with Gasteiger partial charge in [0.2, 0.25) is 0 Å². The minimum absolute atomic E-state index is 0.0197. The smallest absolute Gasteiger partial charge is 0.119 e. The van der Waals surface area contributed by atoms with Gasteiger partial charge in [-0.2, -0.15) is 5.10 Å². The Morgan fingerprint density at radius 2 is 2.12 bits per heavy atom. The molecule has 0 radical (unpaired) electrons. The van der Waals surface area contributed by atoms with Crippen LogP contribution >= 0.6 is 0 Å². The zero-order valence-corrected chi connectivity index (χ0v) is 9.17. The average molecular weight is 217 g/mol. The number of rotatable bonds is 3. The Bertz CT molecular complexity index is 479. The average Bonchev–Trinajstić information content (AvgIpc) is 2.69. The van der Waals surface area contributed by atoms with Crippen LogP contribution < -0.4 is 5.73 Å². The molecular formula is C12H15N3O. The molecule has 2 aromatic rings. The molecule has 0 aliphatic carbocycles. The molecule has 3 N–H and O–H groups in total. The van der Waals surface area contributed by atoms with E-state index in [0.29, 0.717) is 6.54 Å². The summed E-state index contributed by atoms with van der Waals surface area (Å²) in [6.07, 6.45) is 1.73. The number of aromatic nitrogens is 2. The molecule has 1 heterocycles. The van der Waals surface area contributed by atoms with Gasteiger partial charge >= 0.3 is 0 Å². The maximum absolute atomic E-state index is 9.82. The Balaban J connectivity index is 2.45. The maximum Gasteiger partial charge on any atom is 0.119 e. The SMILES string of the molecule is Cn1nccc1C(CN)c1ccccc1O. The van der Waals surface area contributed by atoms with Gasteiger partial charge in [-0.3, -0.25) is 4.68 Å². The van der Waals surface area contributed by atoms with E-state index in [2.05, 4.69) is 5.10 Å². The van der Waals surface area contributed by atoms with Crippen LogP contribution in [-0.4, -0.2) is 21.4 Å². The Hall–Kier alpha value is -1.81. The number of aromatic hydroxyl groups is 1. The Morgan fingerprint density at radius 3 is 2.69 bits per heavy atom. The molecule has 0 aliphatic rings. The largest absolute Gasteiger partial charge is 0.508 e. The van der Waals surface area contributed by atoms with Gasteiger partial charge in [-0.15, -0.1) is 0 Å². The third kappa shape index (κ3) is 1.79. The van der Waals surface area contributed by atoms with E-state index < -0.39 is 0 Å². The minimum Gasteiger partial charge on any atom is -0.508 e. The van der Waals surface area contributed by atoms with Crippen molar-refractivity contribution in [2.45, 2.75) is 5.92 Å². The highest BCUT2D eigenvalue weighted by molar-refractivity contribution is 5.39. The molecule has 0 saturated heterocycles. The normalized spacial score (nSPS) is 12.6. The highest BCUT2D eigenvalue weighted by atomic mass is 16.3. The Morgan fingerprint density at radius 1 is 1.38 bits per heavy atom. The number of nitrogens with two attached hydrogens (primary N) is 1. The van der Waals surface area contributed by atoms with E-state index in [0.717, 1.165) is 11.3 Å². The topological polar surface area (TPSA) is 64.1 Å². The summed E-state index contributed by atoms with van der Waals surface area (Å²) in [7, 11) is 1.87. The monoisotopic (exact) mass is 217 g/mol. The number of phenolic OH excluding ortho intramolecular Hbond substituents is 1. The molecule has 1 aromatic carbocycles. The van der Waals surface area contributed by atoms with Crippen LogP contribution in [0.3, 0.4) is 0 Å². The molecule has 2 rings (SSSR count). The molecule has 0 spiro atoms. The first-order valence-electron chi connectivity index (χ1n) is 5.20. The summed E-state index contributed by atoms with van der Waals surface area (Å²) in [6, 6.07) is 9.18. The number of hydrogen-bond donors (Lipinski definition) is 2. The van der Waals surface area contributed by atoms with Gasteiger partial charge in [0.1, 0.15) is 5.75 Å². The molecule has 0 fully saturated rings. The predicted octanol–water partition coefficient (Wildman–Crippen LogP) is 1.22. The van der Waals surface area contributed by atoms with Crippen molar-refractivity contribution in [3.8, 4) is 5.75 Å². The summed E-state index contributed by atoms with van der Waals surface area (Å²) in [5.74, 6) is 0.257. The van der Waals surface area contributed by atoms with E-state index in [-0.39, 0.29) is 11.7 Å². The van der Waals surface area contributed by atoms with Gasteiger partial charge in [-0.1, -0.05) is 18.2 Å². The predicted molar refractivity (Wildman–Crippen MR) is 62.2 cm³/mol. The lowest BCUT2D eigenvalue weighted by Crippen LogP contribution is -2.17. The summed E-state index contributed by atoms with van der Waals surface area (Å²) >= 11 is 0. The highest BCUT2D eigenvalue weighted by Gasteiger charge is 2.18.